The van der Waals surface area contributed by atoms with Crippen LogP contribution in [0.5, 0.6) is 5.75 Å². The van der Waals surface area contributed by atoms with Gasteiger partial charge in [-0.1, -0.05) is 26.0 Å². The molecule has 1 aliphatic heterocycles. The number of nitrogens with zero attached hydrogens (tertiary/aromatic N) is 4. The minimum absolute atomic E-state index is 0.148. The SMILES string of the molecule is CC1C(=O)N(Cc2ccc3nc(-c4ccccn4)n(Oc4ccc(S(C)(=O)=O)cc4)c3c2)C(=O)C1C. The standard InChI is InChI=1S/C26H24N4O5S/c1-16-17(2)26(32)29(25(16)31)15-18-7-12-21-23(14-18)30(24(28-21)22-6-4-5-13-27-22)35-19-8-10-20(11-9-19)36(3,33)34/h4-14,16-17H,15H2,1-3H3. The van der Waals surface area contributed by atoms with E-state index in [-0.39, 0.29) is 35.1 Å². The maximum atomic E-state index is 12.6. The second kappa shape index (κ2) is 8.87. The Morgan fingerprint density at radius 1 is 0.944 bits per heavy atom. The number of aromatic nitrogens is 3. The summed E-state index contributed by atoms with van der Waals surface area (Å²) in [7, 11) is -3.35. The summed E-state index contributed by atoms with van der Waals surface area (Å²) >= 11 is 0. The van der Waals surface area contributed by atoms with Gasteiger partial charge < -0.3 is 4.84 Å². The Kier molecular flexibility index (Phi) is 5.83. The number of carbonyl (C=O) groups is 2. The van der Waals surface area contributed by atoms with Gasteiger partial charge in [-0.2, -0.15) is 4.73 Å². The number of hydrogen-bond donors (Lipinski definition) is 0. The molecule has 4 aromatic rings. The summed E-state index contributed by atoms with van der Waals surface area (Å²) in [6.45, 7) is 3.69. The van der Waals surface area contributed by atoms with Crippen molar-refractivity contribution in [3.8, 4) is 17.3 Å². The van der Waals surface area contributed by atoms with Crippen molar-refractivity contribution in [2.24, 2.45) is 11.8 Å². The van der Waals surface area contributed by atoms with Crippen LogP contribution in [0.1, 0.15) is 19.4 Å². The van der Waals surface area contributed by atoms with E-state index in [9.17, 15) is 18.0 Å². The molecule has 2 aromatic carbocycles. The summed E-state index contributed by atoms with van der Waals surface area (Å²) in [5, 5.41) is 0. The molecule has 1 aliphatic rings. The van der Waals surface area contributed by atoms with E-state index < -0.39 is 9.84 Å². The first-order valence-electron chi connectivity index (χ1n) is 11.4. The first kappa shape index (κ1) is 23.7. The van der Waals surface area contributed by atoms with E-state index in [0.29, 0.717) is 28.3 Å². The molecule has 10 heteroatoms. The molecule has 0 spiro atoms. The number of pyridine rings is 1. The summed E-state index contributed by atoms with van der Waals surface area (Å²) in [5.41, 5.74) is 2.57. The van der Waals surface area contributed by atoms with Crippen LogP contribution in [0.25, 0.3) is 22.6 Å². The predicted octanol–water partition coefficient (Wildman–Crippen LogP) is 3.48. The third-order valence-electron chi connectivity index (χ3n) is 6.42. The van der Waals surface area contributed by atoms with Gasteiger partial charge in [0.2, 0.25) is 11.8 Å². The lowest BCUT2D eigenvalue weighted by Gasteiger charge is -2.15. The second-order valence-corrected chi connectivity index (χ2v) is 11.0. The number of carbonyl (C=O) groups excluding carboxylic acids is 2. The van der Waals surface area contributed by atoms with Crippen LogP contribution in [0.3, 0.4) is 0 Å². The van der Waals surface area contributed by atoms with Crippen molar-refractivity contribution in [3.63, 3.8) is 0 Å². The van der Waals surface area contributed by atoms with Gasteiger partial charge in [0, 0.05) is 24.3 Å². The molecule has 2 amide bonds. The topological polar surface area (TPSA) is 111 Å². The van der Waals surface area contributed by atoms with E-state index in [1.54, 1.807) is 44.3 Å². The lowest BCUT2D eigenvalue weighted by atomic mass is 10.00. The maximum Gasteiger partial charge on any atom is 0.233 e. The molecular weight excluding hydrogens is 480 g/mol. The van der Waals surface area contributed by atoms with Crippen LogP contribution in [0.4, 0.5) is 0 Å². The zero-order chi connectivity index (χ0) is 25.6. The first-order chi connectivity index (χ1) is 17.1. The van der Waals surface area contributed by atoms with E-state index in [4.69, 9.17) is 9.82 Å². The van der Waals surface area contributed by atoms with Crippen LogP contribution < -0.4 is 4.84 Å². The van der Waals surface area contributed by atoms with Crippen molar-refractivity contribution in [1.29, 1.82) is 0 Å². The molecule has 36 heavy (non-hydrogen) atoms. The van der Waals surface area contributed by atoms with Gasteiger partial charge in [0.05, 0.1) is 17.0 Å². The monoisotopic (exact) mass is 504 g/mol. The van der Waals surface area contributed by atoms with Crippen LogP contribution in [0.2, 0.25) is 0 Å². The van der Waals surface area contributed by atoms with Gasteiger partial charge in [0.15, 0.2) is 21.4 Å². The van der Waals surface area contributed by atoms with E-state index >= 15 is 0 Å². The lowest BCUT2D eigenvalue weighted by Crippen LogP contribution is -2.30. The maximum absolute atomic E-state index is 12.6. The van der Waals surface area contributed by atoms with Crippen molar-refractivity contribution in [2.45, 2.75) is 25.3 Å². The molecule has 0 aliphatic carbocycles. The predicted molar refractivity (Wildman–Crippen MR) is 132 cm³/mol. The number of benzene rings is 2. The highest BCUT2D eigenvalue weighted by Gasteiger charge is 2.42. The number of hydrogen-bond acceptors (Lipinski definition) is 7. The van der Waals surface area contributed by atoms with Crippen molar-refractivity contribution in [2.75, 3.05) is 6.26 Å². The molecule has 1 fully saturated rings. The van der Waals surface area contributed by atoms with Gasteiger partial charge in [-0.3, -0.25) is 19.5 Å². The van der Waals surface area contributed by atoms with Gasteiger partial charge in [-0.05, 0) is 54.1 Å². The molecule has 2 unspecified atom stereocenters. The minimum Gasteiger partial charge on any atom is -0.373 e. The normalized spacial score (nSPS) is 18.2. The van der Waals surface area contributed by atoms with Crippen molar-refractivity contribution < 1.29 is 22.8 Å². The largest absolute Gasteiger partial charge is 0.373 e. The van der Waals surface area contributed by atoms with E-state index in [2.05, 4.69) is 4.98 Å². The Morgan fingerprint density at radius 3 is 2.25 bits per heavy atom. The van der Waals surface area contributed by atoms with Gasteiger partial charge in [0.1, 0.15) is 11.2 Å². The molecule has 0 bridgehead atoms. The van der Waals surface area contributed by atoms with Gasteiger partial charge in [0.25, 0.3) is 0 Å². The molecule has 5 rings (SSSR count). The Hall–Kier alpha value is -4.05. The molecule has 2 atom stereocenters. The molecule has 0 radical (unpaired) electrons. The molecule has 0 saturated carbocycles. The molecular formula is C26H24N4O5S. The highest BCUT2D eigenvalue weighted by Crippen LogP contribution is 2.30. The fraction of sp³-hybridized carbons (Fsp3) is 0.231. The third-order valence-corrected chi connectivity index (χ3v) is 7.55. The van der Waals surface area contributed by atoms with Crippen molar-refractivity contribution >= 4 is 32.7 Å². The second-order valence-electron chi connectivity index (χ2n) is 8.94. The molecule has 0 N–H and O–H groups in total. The summed E-state index contributed by atoms with van der Waals surface area (Å²) in [6, 6.07) is 17.0. The number of amides is 2. The van der Waals surface area contributed by atoms with Crippen LogP contribution in [0, 0.1) is 11.8 Å². The Morgan fingerprint density at radius 2 is 1.64 bits per heavy atom. The van der Waals surface area contributed by atoms with Crippen LogP contribution in [0.15, 0.2) is 71.8 Å². The number of rotatable bonds is 6. The summed E-state index contributed by atoms with van der Waals surface area (Å²) in [4.78, 5) is 41.9. The van der Waals surface area contributed by atoms with Crippen molar-refractivity contribution in [3.05, 3.63) is 72.4 Å². The molecule has 1 saturated heterocycles. The summed E-state index contributed by atoms with van der Waals surface area (Å²) in [5.74, 6) is -0.209. The molecule has 9 nitrogen and oxygen atoms in total. The highest BCUT2D eigenvalue weighted by atomic mass is 32.2. The van der Waals surface area contributed by atoms with E-state index in [0.717, 1.165) is 11.8 Å². The average molecular weight is 505 g/mol. The summed E-state index contributed by atoms with van der Waals surface area (Å²) in [6.07, 6.45) is 2.79. The number of imide groups is 1. The van der Waals surface area contributed by atoms with Crippen LogP contribution in [-0.2, 0) is 26.0 Å². The fourth-order valence-electron chi connectivity index (χ4n) is 4.17. The quantitative estimate of drug-likeness (QED) is 0.370. The minimum atomic E-state index is -3.35. The molecule has 3 heterocycles. The van der Waals surface area contributed by atoms with Gasteiger partial charge in [-0.15, -0.1) is 0 Å². The number of likely N-dealkylation sites (tertiary alicyclic amines) is 1. The van der Waals surface area contributed by atoms with E-state index in [1.807, 2.05) is 24.3 Å². The van der Waals surface area contributed by atoms with Gasteiger partial charge in [-0.25, -0.2) is 13.4 Å². The number of sulfone groups is 1. The fourth-order valence-corrected chi connectivity index (χ4v) is 4.80. The van der Waals surface area contributed by atoms with Crippen molar-refractivity contribution in [1.82, 2.24) is 19.6 Å². The third kappa shape index (κ3) is 4.24. The summed E-state index contributed by atoms with van der Waals surface area (Å²) < 4.78 is 25.2. The Labute approximate surface area is 208 Å². The molecule has 184 valence electrons. The zero-order valence-electron chi connectivity index (χ0n) is 20.0. The average Bonchev–Trinajstić information content (AvgIpc) is 3.31. The van der Waals surface area contributed by atoms with Crippen LogP contribution >= 0.6 is 0 Å². The first-order valence-corrected chi connectivity index (χ1v) is 13.3. The Bertz CT molecular complexity index is 1560. The number of imidazole rings is 1. The number of fused-ring (bicyclic) bond motifs is 1. The van der Waals surface area contributed by atoms with Crippen LogP contribution in [-0.4, -0.2) is 46.1 Å². The highest BCUT2D eigenvalue weighted by molar-refractivity contribution is 7.90. The zero-order valence-corrected chi connectivity index (χ0v) is 20.8. The van der Waals surface area contributed by atoms with E-state index in [1.165, 1.54) is 21.8 Å². The Balaban J connectivity index is 1.57. The lowest BCUT2D eigenvalue weighted by molar-refractivity contribution is -0.140. The van der Waals surface area contributed by atoms with Gasteiger partial charge >= 0.3 is 0 Å². The smallest absolute Gasteiger partial charge is 0.233 e. The molecule has 2 aromatic heterocycles.